The SMILES string of the molecule is CCON(C=O)CC1=C(N2Cc3ccccc3C2=O)c2cc(C#N)ccc2OC1(C)C. The number of nitrogens with zero attached hydrogens (tertiary/aromatic N) is 3. The molecule has 0 aliphatic carbocycles. The minimum atomic E-state index is -0.816. The van der Waals surface area contributed by atoms with Gasteiger partial charge in [-0.25, -0.2) is 5.06 Å². The summed E-state index contributed by atoms with van der Waals surface area (Å²) in [5.74, 6) is 0.462. The van der Waals surface area contributed by atoms with Gasteiger partial charge in [0.05, 0.1) is 37.0 Å². The van der Waals surface area contributed by atoms with E-state index in [2.05, 4.69) is 6.07 Å². The van der Waals surface area contributed by atoms with Gasteiger partial charge in [-0.05, 0) is 50.6 Å². The van der Waals surface area contributed by atoms with E-state index in [4.69, 9.17) is 9.57 Å². The van der Waals surface area contributed by atoms with Crippen molar-refractivity contribution in [2.24, 2.45) is 0 Å². The van der Waals surface area contributed by atoms with Crippen molar-refractivity contribution in [2.75, 3.05) is 13.2 Å². The summed E-state index contributed by atoms with van der Waals surface area (Å²) < 4.78 is 6.25. The Bertz CT molecular complexity index is 1130. The zero-order valence-corrected chi connectivity index (χ0v) is 17.7. The molecule has 0 spiro atoms. The molecular formula is C24H23N3O4. The van der Waals surface area contributed by atoms with E-state index in [9.17, 15) is 14.9 Å². The third-order valence-electron chi connectivity index (χ3n) is 5.56. The third-order valence-corrected chi connectivity index (χ3v) is 5.56. The Morgan fingerprint density at radius 2 is 2.03 bits per heavy atom. The van der Waals surface area contributed by atoms with Gasteiger partial charge < -0.3 is 9.64 Å². The van der Waals surface area contributed by atoms with Crippen LogP contribution in [0.2, 0.25) is 0 Å². The summed E-state index contributed by atoms with van der Waals surface area (Å²) in [7, 11) is 0. The molecular weight excluding hydrogens is 394 g/mol. The molecule has 31 heavy (non-hydrogen) atoms. The fourth-order valence-electron chi connectivity index (χ4n) is 4.10. The maximum atomic E-state index is 13.4. The quantitative estimate of drug-likeness (QED) is 0.531. The number of rotatable bonds is 6. The van der Waals surface area contributed by atoms with Gasteiger partial charge in [0.25, 0.3) is 5.91 Å². The maximum absolute atomic E-state index is 13.4. The number of fused-ring (bicyclic) bond motifs is 2. The first kappa shape index (κ1) is 20.6. The third kappa shape index (κ3) is 3.56. The van der Waals surface area contributed by atoms with Gasteiger partial charge in [-0.1, -0.05) is 18.2 Å². The molecule has 2 heterocycles. The van der Waals surface area contributed by atoms with Crippen molar-refractivity contribution >= 4 is 18.0 Å². The number of benzene rings is 2. The average molecular weight is 417 g/mol. The number of ether oxygens (including phenoxy) is 1. The van der Waals surface area contributed by atoms with Crippen molar-refractivity contribution in [3.63, 3.8) is 0 Å². The van der Waals surface area contributed by atoms with Gasteiger partial charge >= 0.3 is 0 Å². The van der Waals surface area contributed by atoms with Crippen LogP contribution in [0.5, 0.6) is 5.75 Å². The first-order chi connectivity index (χ1) is 14.9. The van der Waals surface area contributed by atoms with Gasteiger partial charge in [0.15, 0.2) is 0 Å². The monoisotopic (exact) mass is 417 g/mol. The van der Waals surface area contributed by atoms with Crippen molar-refractivity contribution in [2.45, 2.75) is 32.9 Å². The Kier molecular flexibility index (Phi) is 5.25. The lowest BCUT2D eigenvalue weighted by atomic mass is 9.88. The van der Waals surface area contributed by atoms with Gasteiger partial charge in [-0.3, -0.25) is 14.4 Å². The molecule has 0 aromatic heterocycles. The first-order valence-corrected chi connectivity index (χ1v) is 10.1. The molecule has 158 valence electrons. The van der Waals surface area contributed by atoms with Crippen LogP contribution < -0.4 is 4.74 Å². The lowest BCUT2D eigenvalue weighted by molar-refractivity contribution is -0.168. The fourth-order valence-corrected chi connectivity index (χ4v) is 4.10. The Morgan fingerprint density at radius 1 is 1.26 bits per heavy atom. The van der Waals surface area contributed by atoms with E-state index in [0.29, 0.717) is 47.7 Å². The molecule has 4 rings (SSSR count). The summed E-state index contributed by atoms with van der Waals surface area (Å²) in [5.41, 5.74) is 3.24. The van der Waals surface area contributed by atoms with Crippen LogP contribution in [0.25, 0.3) is 5.70 Å². The zero-order chi connectivity index (χ0) is 22.2. The molecule has 0 unspecified atom stereocenters. The summed E-state index contributed by atoms with van der Waals surface area (Å²) in [6.45, 7) is 6.43. The molecule has 2 amide bonds. The Hall–Kier alpha value is -3.63. The number of carbonyl (C=O) groups excluding carboxylic acids is 2. The molecule has 7 nitrogen and oxygen atoms in total. The van der Waals surface area contributed by atoms with Crippen LogP contribution in [0.3, 0.4) is 0 Å². The van der Waals surface area contributed by atoms with Crippen molar-refractivity contribution in [3.05, 3.63) is 70.3 Å². The van der Waals surface area contributed by atoms with E-state index >= 15 is 0 Å². The van der Waals surface area contributed by atoms with Crippen LogP contribution in [-0.2, 0) is 16.2 Å². The predicted octanol–water partition coefficient (Wildman–Crippen LogP) is 3.51. The number of nitriles is 1. The minimum absolute atomic E-state index is 0.121. The van der Waals surface area contributed by atoms with Crippen LogP contribution in [0.15, 0.2) is 48.0 Å². The molecule has 0 bridgehead atoms. The molecule has 2 aliphatic heterocycles. The molecule has 0 radical (unpaired) electrons. The molecule has 2 aromatic carbocycles. The highest BCUT2D eigenvalue weighted by atomic mass is 16.7. The molecule has 0 atom stereocenters. The lowest BCUT2D eigenvalue weighted by Gasteiger charge is -2.40. The first-order valence-electron chi connectivity index (χ1n) is 10.1. The Balaban J connectivity index is 1.93. The van der Waals surface area contributed by atoms with Crippen LogP contribution in [0.4, 0.5) is 0 Å². The van der Waals surface area contributed by atoms with E-state index in [1.807, 2.05) is 38.1 Å². The van der Waals surface area contributed by atoms with Crippen LogP contribution in [-0.4, -0.2) is 41.0 Å². The topological polar surface area (TPSA) is 82.9 Å². The number of carbonyl (C=O) groups is 2. The van der Waals surface area contributed by atoms with Crippen molar-refractivity contribution in [1.82, 2.24) is 9.96 Å². The zero-order valence-electron chi connectivity index (χ0n) is 17.7. The van der Waals surface area contributed by atoms with Gasteiger partial charge in [0, 0.05) is 16.7 Å². The summed E-state index contributed by atoms with van der Waals surface area (Å²) in [5, 5.41) is 10.6. The van der Waals surface area contributed by atoms with E-state index in [1.165, 1.54) is 5.06 Å². The minimum Gasteiger partial charge on any atom is -0.483 e. The van der Waals surface area contributed by atoms with Crippen molar-refractivity contribution in [1.29, 1.82) is 5.26 Å². The predicted molar refractivity (Wildman–Crippen MR) is 113 cm³/mol. The second-order valence-electron chi connectivity index (χ2n) is 7.91. The fraction of sp³-hybridized carbons (Fsp3) is 0.292. The molecule has 0 N–H and O–H groups in total. The van der Waals surface area contributed by atoms with Gasteiger partial charge in [-0.15, -0.1) is 0 Å². The molecule has 7 heteroatoms. The molecule has 0 saturated carbocycles. The second kappa shape index (κ2) is 7.89. The number of hydroxylamine groups is 2. The van der Waals surface area contributed by atoms with Gasteiger partial charge in [0.2, 0.25) is 6.41 Å². The maximum Gasteiger partial charge on any atom is 0.258 e. The molecule has 0 fully saturated rings. The summed E-state index contributed by atoms with van der Waals surface area (Å²) in [4.78, 5) is 32.1. The summed E-state index contributed by atoms with van der Waals surface area (Å²) in [6.07, 6.45) is 0.617. The lowest BCUT2D eigenvalue weighted by Crippen LogP contribution is -2.43. The molecule has 2 aromatic rings. The Morgan fingerprint density at radius 3 is 2.71 bits per heavy atom. The Labute approximate surface area is 181 Å². The number of amides is 2. The molecule has 0 saturated heterocycles. The van der Waals surface area contributed by atoms with Gasteiger partial charge in [-0.2, -0.15) is 5.26 Å². The second-order valence-corrected chi connectivity index (χ2v) is 7.91. The van der Waals surface area contributed by atoms with Crippen molar-refractivity contribution in [3.8, 4) is 11.8 Å². The molecule has 2 aliphatic rings. The average Bonchev–Trinajstić information content (AvgIpc) is 3.09. The largest absolute Gasteiger partial charge is 0.483 e. The number of hydrogen-bond acceptors (Lipinski definition) is 5. The van der Waals surface area contributed by atoms with E-state index in [1.54, 1.807) is 30.0 Å². The van der Waals surface area contributed by atoms with Crippen LogP contribution in [0.1, 0.15) is 47.8 Å². The summed E-state index contributed by atoms with van der Waals surface area (Å²) >= 11 is 0. The normalized spacial score (nSPS) is 16.3. The highest BCUT2D eigenvalue weighted by molar-refractivity contribution is 6.04. The van der Waals surface area contributed by atoms with E-state index in [0.717, 1.165) is 11.1 Å². The standard InChI is InChI=1S/C24H23N3O4/c1-4-30-26(15-28)14-20-22(27-13-17-7-5-6-8-18(17)23(27)29)19-11-16(12-25)9-10-21(19)31-24(20,2)3/h5-11,15H,4,13-14H2,1-3H3. The van der Waals surface area contributed by atoms with Gasteiger partial charge in [0.1, 0.15) is 11.4 Å². The number of hydrogen-bond donors (Lipinski definition) is 0. The summed E-state index contributed by atoms with van der Waals surface area (Å²) in [6, 6.07) is 14.8. The van der Waals surface area contributed by atoms with Crippen molar-refractivity contribution < 1.29 is 19.2 Å². The van der Waals surface area contributed by atoms with Crippen LogP contribution >= 0.6 is 0 Å². The highest BCUT2D eigenvalue weighted by Crippen LogP contribution is 2.45. The van der Waals surface area contributed by atoms with E-state index < -0.39 is 5.60 Å². The highest BCUT2D eigenvalue weighted by Gasteiger charge is 2.41. The smallest absolute Gasteiger partial charge is 0.258 e. The van der Waals surface area contributed by atoms with Crippen LogP contribution in [0, 0.1) is 11.3 Å². The van der Waals surface area contributed by atoms with E-state index in [-0.39, 0.29) is 12.5 Å².